The maximum Gasteiger partial charge on any atom is 0.306 e. The first kappa shape index (κ1) is 15.7. The Hall–Kier alpha value is -1.35. The van der Waals surface area contributed by atoms with Crippen LogP contribution >= 0.6 is 0 Å². The number of aliphatic hydroxyl groups is 1. The van der Waals surface area contributed by atoms with Gasteiger partial charge in [0.15, 0.2) is 0 Å². The topological polar surface area (TPSA) is 57.5 Å². The van der Waals surface area contributed by atoms with Crippen LogP contribution in [0.1, 0.15) is 51.7 Å². The van der Waals surface area contributed by atoms with Crippen molar-refractivity contribution >= 4 is 5.97 Å². The Bertz CT molecular complexity index is 424. The number of rotatable bonds is 5. The van der Waals surface area contributed by atoms with E-state index in [2.05, 4.69) is 45.0 Å². The molecule has 1 atom stereocenters. The average Bonchev–Trinajstić information content (AvgIpc) is 2.24. The lowest BCUT2D eigenvalue weighted by molar-refractivity contribution is -0.142. The van der Waals surface area contributed by atoms with Crippen molar-refractivity contribution in [3.63, 3.8) is 0 Å². The van der Waals surface area contributed by atoms with Gasteiger partial charge in [-0.2, -0.15) is 0 Å². The number of hydrogen-bond acceptors (Lipinski definition) is 2. The smallest absolute Gasteiger partial charge is 0.306 e. The Kier molecular flexibility index (Phi) is 4.75. The first-order chi connectivity index (χ1) is 8.60. The Morgan fingerprint density at radius 1 is 1.11 bits per heavy atom. The predicted molar refractivity (Wildman–Crippen MR) is 76.3 cm³/mol. The number of carboxylic acids is 1. The van der Waals surface area contributed by atoms with Gasteiger partial charge in [0.1, 0.15) is 0 Å². The van der Waals surface area contributed by atoms with Crippen LogP contribution in [0.15, 0.2) is 24.3 Å². The van der Waals surface area contributed by atoms with Gasteiger partial charge in [0.2, 0.25) is 0 Å². The number of aryl methyl sites for hydroxylation is 1. The Morgan fingerprint density at radius 3 is 2.05 bits per heavy atom. The zero-order chi connectivity index (χ0) is 14.7. The van der Waals surface area contributed by atoms with Gasteiger partial charge >= 0.3 is 5.97 Å². The van der Waals surface area contributed by atoms with Crippen molar-refractivity contribution in [1.82, 2.24) is 0 Å². The molecule has 0 saturated carbocycles. The quantitative estimate of drug-likeness (QED) is 0.859. The van der Waals surface area contributed by atoms with E-state index in [-0.39, 0.29) is 11.8 Å². The summed E-state index contributed by atoms with van der Waals surface area (Å²) in [6.45, 7) is 8.07. The van der Waals surface area contributed by atoms with Crippen LogP contribution in [0.3, 0.4) is 0 Å². The van der Waals surface area contributed by atoms with Gasteiger partial charge in [-0.15, -0.1) is 0 Å². The van der Waals surface area contributed by atoms with Gasteiger partial charge in [-0.3, -0.25) is 4.79 Å². The number of carboxylic acid groups (broad SMARTS) is 1. The van der Waals surface area contributed by atoms with Crippen molar-refractivity contribution < 1.29 is 15.0 Å². The summed E-state index contributed by atoms with van der Waals surface area (Å²) in [7, 11) is 0. The van der Waals surface area contributed by atoms with E-state index in [0.717, 1.165) is 5.56 Å². The SMILES string of the molecule is CC(O)(CCc1ccc(C(C)(C)C)cc1)CC(=O)O. The number of hydrogen-bond donors (Lipinski definition) is 2. The second-order valence-electron chi connectivity index (χ2n) is 6.51. The normalized spacial score (nSPS) is 15.0. The van der Waals surface area contributed by atoms with E-state index in [1.807, 2.05) is 0 Å². The maximum atomic E-state index is 10.6. The summed E-state index contributed by atoms with van der Waals surface area (Å²) in [5, 5.41) is 18.7. The van der Waals surface area contributed by atoms with E-state index < -0.39 is 11.6 Å². The van der Waals surface area contributed by atoms with Crippen LogP contribution < -0.4 is 0 Å². The molecule has 3 heteroatoms. The highest BCUT2D eigenvalue weighted by Gasteiger charge is 2.23. The molecule has 1 rings (SSSR count). The molecule has 0 amide bonds. The molecule has 0 heterocycles. The van der Waals surface area contributed by atoms with Crippen LogP contribution in [0.5, 0.6) is 0 Å². The second kappa shape index (κ2) is 5.74. The fourth-order valence-electron chi connectivity index (χ4n) is 2.00. The molecule has 0 spiro atoms. The van der Waals surface area contributed by atoms with Crippen LogP contribution in [0.25, 0.3) is 0 Å². The van der Waals surface area contributed by atoms with E-state index in [1.165, 1.54) is 5.56 Å². The zero-order valence-electron chi connectivity index (χ0n) is 12.2. The fraction of sp³-hybridized carbons (Fsp3) is 0.562. The molecule has 106 valence electrons. The molecule has 0 aliphatic rings. The van der Waals surface area contributed by atoms with Crippen molar-refractivity contribution in [2.75, 3.05) is 0 Å². The van der Waals surface area contributed by atoms with E-state index >= 15 is 0 Å². The first-order valence-electron chi connectivity index (χ1n) is 6.64. The number of aliphatic carboxylic acids is 1. The van der Waals surface area contributed by atoms with Crippen molar-refractivity contribution in [3.05, 3.63) is 35.4 Å². The number of carbonyl (C=O) groups is 1. The lowest BCUT2D eigenvalue weighted by Crippen LogP contribution is -2.28. The summed E-state index contributed by atoms with van der Waals surface area (Å²) in [4.78, 5) is 10.6. The average molecular weight is 264 g/mol. The van der Waals surface area contributed by atoms with Crippen LogP contribution in [0.2, 0.25) is 0 Å². The standard InChI is InChI=1S/C16H24O3/c1-15(2,3)13-7-5-12(6-8-13)9-10-16(4,19)11-14(17)18/h5-8,19H,9-11H2,1-4H3,(H,17,18). The Balaban J connectivity index is 2.62. The molecule has 1 unspecified atom stereocenters. The van der Waals surface area contributed by atoms with Crippen LogP contribution in [0.4, 0.5) is 0 Å². The zero-order valence-corrected chi connectivity index (χ0v) is 12.2. The van der Waals surface area contributed by atoms with Crippen molar-refractivity contribution in [2.45, 2.75) is 58.0 Å². The van der Waals surface area contributed by atoms with Gasteiger partial charge in [0.25, 0.3) is 0 Å². The molecule has 0 aliphatic carbocycles. The molecule has 1 aromatic rings. The summed E-state index contributed by atoms with van der Waals surface area (Å²) in [6.07, 6.45) is 0.923. The highest BCUT2D eigenvalue weighted by molar-refractivity contribution is 5.68. The lowest BCUT2D eigenvalue weighted by atomic mass is 9.86. The van der Waals surface area contributed by atoms with Crippen molar-refractivity contribution in [3.8, 4) is 0 Å². The molecular formula is C16H24O3. The summed E-state index contributed by atoms with van der Waals surface area (Å²) in [5.41, 5.74) is 1.38. The van der Waals surface area contributed by atoms with Gasteiger partial charge in [-0.25, -0.2) is 0 Å². The molecule has 19 heavy (non-hydrogen) atoms. The van der Waals surface area contributed by atoms with Gasteiger partial charge in [0, 0.05) is 0 Å². The van der Waals surface area contributed by atoms with Gasteiger partial charge in [-0.05, 0) is 36.3 Å². The minimum Gasteiger partial charge on any atom is -0.481 e. The van der Waals surface area contributed by atoms with Crippen LogP contribution in [-0.2, 0) is 16.6 Å². The Morgan fingerprint density at radius 2 is 1.63 bits per heavy atom. The summed E-state index contributed by atoms with van der Waals surface area (Å²) in [5.74, 6) is -0.965. The fourth-order valence-corrected chi connectivity index (χ4v) is 2.00. The number of benzene rings is 1. The lowest BCUT2D eigenvalue weighted by Gasteiger charge is -2.22. The second-order valence-corrected chi connectivity index (χ2v) is 6.51. The van der Waals surface area contributed by atoms with Gasteiger partial charge in [0.05, 0.1) is 12.0 Å². The molecule has 0 saturated heterocycles. The molecule has 0 fully saturated rings. The Labute approximate surface area is 115 Å². The van der Waals surface area contributed by atoms with Crippen LogP contribution in [-0.4, -0.2) is 21.8 Å². The molecule has 0 bridgehead atoms. The minimum atomic E-state index is -1.14. The third kappa shape index (κ3) is 5.43. The largest absolute Gasteiger partial charge is 0.481 e. The minimum absolute atomic E-state index is 0.132. The van der Waals surface area contributed by atoms with Crippen LogP contribution in [0, 0.1) is 0 Å². The summed E-state index contributed by atoms with van der Waals surface area (Å²) in [6, 6.07) is 8.30. The molecule has 1 aromatic carbocycles. The molecule has 2 N–H and O–H groups in total. The molecule has 0 aromatic heterocycles. The van der Waals surface area contributed by atoms with E-state index in [9.17, 15) is 9.90 Å². The maximum absolute atomic E-state index is 10.6. The van der Waals surface area contributed by atoms with E-state index in [4.69, 9.17) is 5.11 Å². The molecule has 3 nitrogen and oxygen atoms in total. The highest BCUT2D eigenvalue weighted by atomic mass is 16.4. The molecular weight excluding hydrogens is 240 g/mol. The molecule has 0 radical (unpaired) electrons. The van der Waals surface area contributed by atoms with E-state index in [1.54, 1.807) is 6.92 Å². The van der Waals surface area contributed by atoms with Crippen molar-refractivity contribution in [1.29, 1.82) is 0 Å². The van der Waals surface area contributed by atoms with Gasteiger partial charge in [-0.1, -0.05) is 45.0 Å². The van der Waals surface area contributed by atoms with Gasteiger partial charge < -0.3 is 10.2 Å². The third-order valence-electron chi connectivity index (χ3n) is 3.30. The summed E-state index contributed by atoms with van der Waals surface area (Å²) < 4.78 is 0. The third-order valence-corrected chi connectivity index (χ3v) is 3.30. The molecule has 0 aliphatic heterocycles. The monoisotopic (exact) mass is 264 g/mol. The first-order valence-corrected chi connectivity index (χ1v) is 6.64. The highest BCUT2D eigenvalue weighted by Crippen LogP contribution is 2.23. The van der Waals surface area contributed by atoms with Crippen molar-refractivity contribution in [2.24, 2.45) is 0 Å². The predicted octanol–water partition coefficient (Wildman–Crippen LogP) is 3.14. The summed E-state index contributed by atoms with van der Waals surface area (Å²) >= 11 is 0. The van der Waals surface area contributed by atoms with E-state index in [0.29, 0.717) is 12.8 Å².